The van der Waals surface area contributed by atoms with Gasteiger partial charge in [0.1, 0.15) is 12.4 Å². The van der Waals surface area contributed by atoms with Crippen LogP contribution in [0.3, 0.4) is 0 Å². The van der Waals surface area contributed by atoms with Crippen LogP contribution in [0.1, 0.15) is 32.0 Å². The Balaban J connectivity index is 1.34. The third-order valence-corrected chi connectivity index (χ3v) is 5.64. The predicted molar refractivity (Wildman–Crippen MR) is 135 cm³/mol. The number of carboxylic acid groups (broad SMARTS) is 1. The fourth-order valence-corrected chi connectivity index (χ4v) is 3.70. The number of halogens is 1. The second-order valence-electron chi connectivity index (χ2n) is 7.84. The predicted octanol–water partition coefficient (Wildman–Crippen LogP) is 5.65. The number of amides is 1. The molecular weight excluding hydrogens is 464 g/mol. The average Bonchev–Trinajstić information content (AvgIpc) is 2.89. The summed E-state index contributed by atoms with van der Waals surface area (Å²) in [7, 11) is 0. The number of aromatic nitrogens is 1. The van der Waals surface area contributed by atoms with Gasteiger partial charge in [-0.2, -0.15) is 0 Å². The molecule has 3 aromatic carbocycles. The molecule has 0 atom stereocenters. The number of carbonyl (C=O) groups excluding carboxylic acids is 1. The lowest BCUT2D eigenvalue weighted by Gasteiger charge is -2.12. The molecule has 0 bridgehead atoms. The summed E-state index contributed by atoms with van der Waals surface area (Å²) in [6.07, 6.45) is 2.34. The van der Waals surface area contributed by atoms with E-state index in [1.54, 1.807) is 48.7 Å². The van der Waals surface area contributed by atoms with Crippen LogP contribution in [0.5, 0.6) is 5.75 Å². The van der Waals surface area contributed by atoms with Crippen molar-refractivity contribution in [2.75, 3.05) is 6.54 Å². The maximum absolute atomic E-state index is 12.8. The number of hydrogen-bond acceptors (Lipinski definition) is 4. The minimum atomic E-state index is -0.946. The molecule has 1 aromatic heterocycles. The highest BCUT2D eigenvalue weighted by Crippen LogP contribution is 2.24. The van der Waals surface area contributed by atoms with Gasteiger partial charge in [-0.25, -0.2) is 4.79 Å². The van der Waals surface area contributed by atoms with Crippen LogP contribution >= 0.6 is 11.6 Å². The van der Waals surface area contributed by atoms with E-state index in [-0.39, 0.29) is 18.1 Å². The molecule has 176 valence electrons. The quantitative estimate of drug-likeness (QED) is 0.319. The van der Waals surface area contributed by atoms with Gasteiger partial charge >= 0.3 is 5.97 Å². The van der Waals surface area contributed by atoms with Crippen molar-refractivity contribution in [3.05, 3.63) is 119 Å². The summed E-state index contributed by atoms with van der Waals surface area (Å²) in [4.78, 5) is 28.1. The molecule has 0 aliphatic heterocycles. The van der Waals surface area contributed by atoms with Crippen LogP contribution in [0.15, 0.2) is 91.1 Å². The molecule has 0 unspecified atom stereocenters. The second-order valence-corrected chi connectivity index (χ2v) is 8.27. The van der Waals surface area contributed by atoms with Gasteiger partial charge < -0.3 is 15.2 Å². The van der Waals surface area contributed by atoms with Gasteiger partial charge in [-0.1, -0.05) is 54.1 Å². The van der Waals surface area contributed by atoms with E-state index >= 15 is 0 Å². The molecule has 0 radical (unpaired) electrons. The molecule has 4 aromatic rings. The summed E-state index contributed by atoms with van der Waals surface area (Å²) in [6, 6.07) is 25.2. The smallest absolute Gasteiger partial charge is 0.335 e. The highest BCUT2D eigenvalue weighted by molar-refractivity contribution is 6.31. The van der Waals surface area contributed by atoms with Gasteiger partial charge in [0.25, 0.3) is 5.91 Å². The maximum atomic E-state index is 12.8. The summed E-state index contributed by atoms with van der Waals surface area (Å²) in [5.41, 5.74) is 4.38. The van der Waals surface area contributed by atoms with Crippen LogP contribution in [-0.4, -0.2) is 28.5 Å². The number of carboxylic acids is 1. The van der Waals surface area contributed by atoms with Crippen LogP contribution in [0.2, 0.25) is 5.02 Å². The molecule has 0 spiro atoms. The van der Waals surface area contributed by atoms with Gasteiger partial charge in [0.15, 0.2) is 0 Å². The van der Waals surface area contributed by atoms with E-state index in [0.29, 0.717) is 29.3 Å². The van der Waals surface area contributed by atoms with Crippen LogP contribution in [0.4, 0.5) is 0 Å². The van der Waals surface area contributed by atoms with Crippen molar-refractivity contribution in [2.24, 2.45) is 0 Å². The van der Waals surface area contributed by atoms with Crippen molar-refractivity contribution < 1.29 is 19.4 Å². The van der Waals surface area contributed by atoms with E-state index in [1.807, 2.05) is 42.5 Å². The van der Waals surface area contributed by atoms with E-state index in [4.69, 9.17) is 21.4 Å². The Bertz CT molecular complexity index is 1310. The van der Waals surface area contributed by atoms with Crippen molar-refractivity contribution in [1.29, 1.82) is 0 Å². The second kappa shape index (κ2) is 11.3. The number of carbonyl (C=O) groups is 2. The Labute approximate surface area is 208 Å². The molecule has 7 heteroatoms. The molecule has 35 heavy (non-hydrogen) atoms. The van der Waals surface area contributed by atoms with Gasteiger partial charge in [0.2, 0.25) is 0 Å². The Morgan fingerprint density at radius 1 is 0.914 bits per heavy atom. The first kappa shape index (κ1) is 24.0. The first-order valence-corrected chi connectivity index (χ1v) is 11.4. The van der Waals surface area contributed by atoms with Crippen molar-refractivity contribution in [2.45, 2.75) is 13.0 Å². The molecule has 2 N–H and O–H groups in total. The molecule has 0 saturated heterocycles. The van der Waals surface area contributed by atoms with Crippen LogP contribution in [0.25, 0.3) is 11.1 Å². The first-order valence-electron chi connectivity index (χ1n) is 11.0. The minimum absolute atomic E-state index is 0.244. The lowest BCUT2D eigenvalue weighted by molar-refractivity contribution is 0.0696. The highest BCUT2D eigenvalue weighted by atomic mass is 35.5. The molecular formula is C28H23ClN2O4. The van der Waals surface area contributed by atoms with E-state index in [2.05, 4.69) is 10.3 Å². The van der Waals surface area contributed by atoms with Crippen LogP contribution in [-0.2, 0) is 13.0 Å². The molecule has 0 aliphatic carbocycles. The van der Waals surface area contributed by atoms with Crippen molar-refractivity contribution in [3.63, 3.8) is 0 Å². The number of hydrogen-bond donors (Lipinski definition) is 2. The van der Waals surface area contributed by atoms with E-state index < -0.39 is 5.97 Å². The van der Waals surface area contributed by atoms with Crippen molar-refractivity contribution in [1.82, 2.24) is 10.3 Å². The molecule has 1 heterocycles. The third kappa shape index (κ3) is 6.46. The summed E-state index contributed by atoms with van der Waals surface area (Å²) >= 11 is 6.12. The Morgan fingerprint density at radius 2 is 1.63 bits per heavy atom. The molecule has 0 aliphatic rings. The van der Waals surface area contributed by atoms with Gasteiger partial charge in [0, 0.05) is 17.8 Å². The van der Waals surface area contributed by atoms with E-state index in [9.17, 15) is 9.59 Å². The van der Waals surface area contributed by atoms with Gasteiger partial charge in [-0.3, -0.25) is 9.78 Å². The molecule has 4 rings (SSSR count). The zero-order valence-corrected chi connectivity index (χ0v) is 19.5. The zero-order chi connectivity index (χ0) is 24.6. The monoisotopic (exact) mass is 486 g/mol. The Hall–Kier alpha value is -4.16. The van der Waals surface area contributed by atoms with E-state index in [0.717, 1.165) is 22.4 Å². The molecule has 1 amide bonds. The lowest BCUT2D eigenvalue weighted by atomic mass is 10.0. The number of rotatable bonds is 9. The number of nitrogens with one attached hydrogen (secondary N) is 1. The topological polar surface area (TPSA) is 88.5 Å². The van der Waals surface area contributed by atoms with Crippen molar-refractivity contribution >= 4 is 23.5 Å². The number of benzene rings is 3. The van der Waals surface area contributed by atoms with E-state index in [1.165, 1.54) is 0 Å². The fraction of sp³-hybridized carbons (Fsp3) is 0.107. The standard InChI is InChI=1S/C28H23ClN2O4/c29-23-12-13-26(35-18-24-3-1-2-15-30-24)25(17-23)27(32)31-16-14-19-4-6-20(7-5-19)21-8-10-22(11-9-21)28(33)34/h1-13,15,17H,14,16,18H2,(H,31,32)(H,33,34). The van der Waals surface area contributed by atoms with Crippen LogP contribution < -0.4 is 10.1 Å². The SMILES string of the molecule is O=C(O)c1ccc(-c2ccc(CCNC(=O)c3cc(Cl)ccc3OCc3ccccn3)cc2)cc1. The van der Waals surface area contributed by atoms with Crippen molar-refractivity contribution in [3.8, 4) is 16.9 Å². The van der Waals surface area contributed by atoms with Gasteiger partial charge in [-0.15, -0.1) is 0 Å². The fourth-order valence-electron chi connectivity index (χ4n) is 3.53. The Morgan fingerprint density at radius 3 is 2.29 bits per heavy atom. The summed E-state index contributed by atoms with van der Waals surface area (Å²) in [5, 5.41) is 12.4. The summed E-state index contributed by atoms with van der Waals surface area (Å²) in [6.45, 7) is 0.686. The minimum Gasteiger partial charge on any atom is -0.486 e. The number of pyridine rings is 1. The van der Waals surface area contributed by atoms with Crippen LogP contribution in [0, 0.1) is 0 Å². The lowest BCUT2D eigenvalue weighted by Crippen LogP contribution is -2.26. The van der Waals surface area contributed by atoms with Gasteiger partial charge in [-0.05, 0) is 65.6 Å². The molecule has 0 fully saturated rings. The Kier molecular flexibility index (Phi) is 7.75. The van der Waals surface area contributed by atoms with Gasteiger partial charge in [0.05, 0.1) is 16.8 Å². The normalized spacial score (nSPS) is 10.5. The highest BCUT2D eigenvalue weighted by Gasteiger charge is 2.14. The third-order valence-electron chi connectivity index (χ3n) is 5.41. The average molecular weight is 487 g/mol. The summed E-state index contributed by atoms with van der Waals surface area (Å²) in [5.74, 6) is -0.770. The maximum Gasteiger partial charge on any atom is 0.335 e. The number of ether oxygens (including phenoxy) is 1. The molecule has 0 saturated carbocycles. The zero-order valence-electron chi connectivity index (χ0n) is 18.8. The summed E-state index contributed by atoms with van der Waals surface area (Å²) < 4.78 is 5.83. The largest absolute Gasteiger partial charge is 0.486 e. The number of nitrogens with zero attached hydrogens (tertiary/aromatic N) is 1. The first-order chi connectivity index (χ1) is 17.0. The molecule has 6 nitrogen and oxygen atoms in total. The number of aromatic carboxylic acids is 1.